The Labute approximate surface area is 163 Å². The van der Waals surface area contributed by atoms with Gasteiger partial charge in [0.1, 0.15) is 0 Å². The molecule has 0 aliphatic heterocycles. The van der Waals surface area contributed by atoms with Crippen LogP contribution in [-0.4, -0.2) is 35.5 Å². The molecule has 0 aromatic rings. The molecular formula is C23H30O4. The molecule has 0 aromatic heterocycles. The molecule has 0 fully saturated rings. The molecule has 0 aliphatic carbocycles. The number of allylic oxidation sites excluding steroid dienone is 4. The van der Waals surface area contributed by atoms with Crippen molar-refractivity contribution in [2.24, 2.45) is 0 Å². The third-order valence-corrected chi connectivity index (χ3v) is 3.25. The first kappa shape index (κ1) is 24.5. The number of methoxy groups -OCH3 is 1. The average molecular weight is 370 g/mol. The van der Waals surface area contributed by atoms with E-state index in [2.05, 4.69) is 28.4 Å². The lowest BCUT2D eigenvalue weighted by Gasteiger charge is -1.99. The summed E-state index contributed by atoms with van der Waals surface area (Å²) in [5.41, 5.74) is 0. The zero-order valence-electron chi connectivity index (χ0n) is 16.2. The summed E-state index contributed by atoms with van der Waals surface area (Å²) < 4.78 is 4.54. The van der Waals surface area contributed by atoms with E-state index in [1.807, 2.05) is 31.2 Å². The van der Waals surface area contributed by atoms with Gasteiger partial charge in [0.05, 0.1) is 25.7 Å². The van der Waals surface area contributed by atoms with E-state index in [4.69, 9.17) is 0 Å². The molecule has 0 spiro atoms. The van der Waals surface area contributed by atoms with E-state index in [0.717, 1.165) is 6.42 Å². The molecule has 27 heavy (non-hydrogen) atoms. The molecule has 0 heterocycles. The maximum absolute atomic E-state index is 10.9. The van der Waals surface area contributed by atoms with Crippen molar-refractivity contribution < 1.29 is 19.7 Å². The predicted molar refractivity (Wildman–Crippen MR) is 110 cm³/mol. The van der Waals surface area contributed by atoms with Crippen molar-refractivity contribution in [1.29, 1.82) is 0 Å². The lowest BCUT2D eigenvalue weighted by atomic mass is 10.2. The highest BCUT2D eigenvalue weighted by atomic mass is 16.5. The minimum Gasteiger partial charge on any atom is -0.469 e. The number of carbonyl (C=O) groups excluding carboxylic acids is 1. The van der Waals surface area contributed by atoms with Gasteiger partial charge in [-0.1, -0.05) is 54.9 Å². The Hall–Kier alpha value is -2.53. The number of aliphatic hydroxyl groups excluding tert-OH is 2. The molecule has 146 valence electrons. The molecule has 0 bridgehead atoms. The van der Waals surface area contributed by atoms with Crippen LogP contribution >= 0.6 is 0 Å². The van der Waals surface area contributed by atoms with Crippen molar-refractivity contribution in [3.63, 3.8) is 0 Å². The largest absolute Gasteiger partial charge is 0.469 e. The Bertz CT molecular complexity index is 633. The van der Waals surface area contributed by atoms with Crippen LogP contribution in [0.3, 0.4) is 0 Å². The van der Waals surface area contributed by atoms with Crippen LogP contribution in [0.15, 0.2) is 48.6 Å². The lowest BCUT2D eigenvalue weighted by Crippen LogP contribution is -2.00. The van der Waals surface area contributed by atoms with Crippen LogP contribution in [0.2, 0.25) is 0 Å². The minimum atomic E-state index is -0.606. The van der Waals surface area contributed by atoms with E-state index in [0.29, 0.717) is 32.1 Å². The first-order valence-corrected chi connectivity index (χ1v) is 9.13. The molecule has 0 aliphatic rings. The smallest absolute Gasteiger partial charge is 0.305 e. The summed E-state index contributed by atoms with van der Waals surface area (Å²) in [6.45, 7) is 2.05. The SMILES string of the molecule is CC/C=C\C[C@H](O)/C=C/C#CCC#C/C=C/[C@@H](O)C/C=C\CCC(=O)OC. The molecular weight excluding hydrogens is 340 g/mol. The summed E-state index contributed by atoms with van der Waals surface area (Å²) in [6.07, 6.45) is 16.5. The molecule has 0 aromatic carbocycles. The van der Waals surface area contributed by atoms with Crippen LogP contribution in [0.5, 0.6) is 0 Å². The fourth-order valence-electron chi connectivity index (χ4n) is 1.80. The molecule has 2 N–H and O–H groups in total. The Balaban J connectivity index is 3.96. The van der Waals surface area contributed by atoms with Gasteiger partial charge in [-0.05, 0) is 50.0 Å². The number of esters is 1. The molecule has 0 amide bonds. The van der Waals surface area contributed by atoms with E-state index in [9.17, 15) is 15.0 Å². The Kier molecular flexibility index (Phi) is 16.6. The number of hydrogen-bond acceptors (Lipinski definition) is 4. The molecule has 2 atom stereocenters. The van der Waals surface area contributed by atoms with Crippen LogP contribution in [0.4, 0.5) is 0 Å². The van der Waals surface area contributed by atoms with Crippen LogP contribution < -0.4 is 0 Å². The zero-order valence-corrected chi connectivity index (χ0v) is 16.2. The third kappa shape index (κ3) is 18.1. The number of rotatable bonds is 10. The maximum atomic E-state index is 10.9. The van der Waals surface area contributed by atoms with Gasteiger partial charge in [-0.3, -0.25) is 4.79 Å². The number of ether oxygens (including phenoxy) is 1. The standard InChI is InChI=1S/C23H30O4/c1-3-4-11-16-21(24)17-12-8-6-5-7-9-13-18-22(25)19-14-10-15-20-23(26)27-2/h4,10-14,17-18,21-22,24-25H,3,5,15-16,19-20H2,1-2H3/b11-4-,14-10-,17-12+,18-13+/t21-,22+/m0/s1. The van der Waals surface area contributed by atoms with Crippen molar-refractivity contribution >= 4 is 5.97 Å². The van der Waals surface area contributed by atoms with Gasteiger partial charge in [-0.15, -0.1) is 0 Å². The summed E-state index contributed by atoms with van der Waals surface area (Å²) in [7, 11) is 1.36. The summed E-state index contributed by atoms with van der Waals surface area (Å²) in [6, 6.07) is 0. The van der Waals surface area contributed by atoms with Crippen molar-refractivity contribution in [3.05, 3.63) is 48.6 Å². The number of carbonyl (C=O) groups is 1. The van der Waals surface area contributed by atoms with E-state index in [1.54, 1.807) is 24.3 Å². The molecule has 0 saturated heterocycles. The Morgan fingerprint density at radius 3 is 2.04 bits per heavy atom. The quantitative estimate of drug-likeness (QED) is 0.351. The van der Waals surface area contributed by atoms with Gasteiger partial charge >= 0.3 is 5.97 Å². The summed E-state index contributed by atoms with van der Waals surface area (Å²) in [4.78, 5) is 10.9. The van der Waals surface area contributed by atoms with Gasteiger partial charge < -0.3 is 14.9 Å². The van der Waals surface area contributed by atoms with Gasteiger partial charge in [0.25, 0.3) is 0 Å². The highest BCUT2D eigenvalue weighted by Crippen LogP contribution is 1.99. The molecule has 4 heteroatoms. The monoisotopic (exact) mass is 370 g/mol. The van der Waals surface area contributed by atoms with Gasteiger partial charge in [0, 0.05) is 6.42 Å². The molecule has 4 nitrogen and oxygen atoms in total. The van der Waals surface area contributed by atoms with Gasteiger partial charge in [0.2, 0.25) is 0 Å². The zero-order chi connectivity index (χ0) is 20.2. The topological polar surface area (TPSA) is 66.8 Å². The van der Waals surface area contributed by atoms with Crippen molar-refractivity contribution in [2.45, 2.75) is 57.7 Å². The van der Waals surface area contributed by atoms with Gasteiger partial charge in [-0.25, -0.2) is 0 Å². The first-order chi connectivity index (χ1) is 13.1. The van der Waals surface area contributed by atoms with E-state index >= 15 is 0 Å². The Morgan fingerprint density at radius 2 is 1.52 bits per heavy atom. The maximum Gasteiger partial charge on any atom is 0.305 e. The molecule has 0 saturated carbocycles. The Morgan fingerprint density at radius 1 is 0.963 bits per heavy atom. The number of hydrogen-bond donors (Lipinski definition) is 2. The third-order valence-electron chi connectivity index (χ3n) is 3.25. The summed E-state index contributed by atoms with van der Waals surface area (Å²) in [5.74, 6) is 11.1. The highest BCUT2D eigenvalue weighted by Gasteiger charge is 1.97. The van der Waals surface area contributed by atoms with Crippen molar-refractivity contribution in [2.75, 3.05) is 7.11 Å². The second-order valence-corrected chi connectivity index (χ2v) is 5.61. The average Bonchev–Trinajstić information content (AvgIpc) is 2.66. The van der Waals surface area contributed by atoms with Crippen LogP contribution in [0, 0.1) is 23.7 Å². The van der Waals surface area contributed by atoms with Crippen LogP contribution in [0.25, 0.3) is 0 Å². The van der Waals surface area contributed by atoms with Gasteiger partial charge in [0.15, 0.2) is 0 Å². The first-order valence-electron chi connectivity index (χ1n) is 9.13. The number of aliphatic hydroxyl groups is 2. The summed E-state index contributed by atoms with van der Waals surface area (Å²) >= 11 is 0. The molecule has 0 rings (SSSR count). The summed E-state index contributed by atoms with van der Waals surface area (Å²) in [5, 5.41) is 19.4. The molecule has 0 unspecified atom stereocenters. The van der Waals surface area contributed by atoms with Crippen LogP contribution in [0.1, 0.15) is 45.4 Å². The highest BCUT2D eigenvalue weighted by molar-refractivity contribution is 5.69. The van der Waals surface area contributed by atoms with Crippen LogP contribution in [-0.2, 0) is 9.53 Å². The second kappa shape index (κ2) is 18.3. The fourth-order valence-corrected chi connectivity index (χ4v) is 1.80. The van der Waals surface area contributed by atoms with E-state index < -0.39 is 12.2 Å². The fraction of sp³-hybridized carbons (Fsp3) is 0.435. The normalized spacial score (nSPS) is 13.5. The molecule has 0 radical (unpaired) electrons. The predicted octanol–water partition coefficient (Wildman–Crippen LogP) is 3.47. The van der Waals surface area contributed by atoms with E-state index in [1.165, 1.54) is 7.11 Å². The van der Waals surface area contributed by atoms with E-state index in [-0.39, 0.29) is 5.97 Å². The minimum absolute atomic E-state index is 0.241. The lowest BCUT2D eigenvalue weighted by molar-refractivity contribution is -0.140. The second-order valence-electron chi connectivity index (χ2n) is 5.61. The van der Waals surface area contributed by atoms with Crippen molar-refractivity contribution in [1.82, 2.24) is 0 Å². The van der Waals surface area contributed by atoms with Crippen molar-refractivity contribution in [3.8, 4) is 23.7 Å². The van der Waals surface area contributed by atoms with Gasteiger partial charge in [-0.2, -0.15) is 0 Å².